The fourth-order valence-corrected chi connectivity index (χ4v) is 2.99. The van der Waals surface area contributed by atoms with Crippen molar-refractivity contribution >= 4 is 34.2 Å². The first-order chi connectivity index (χ1) is 10.7. The van der Waals surface area contributed by atoms with Gasteiger partial charge in [-0.05, 0) is 31.5 Å². The average Bonchev–Trinajstić information content (AvgIpc) is 3.09. The minimum atomic E-state index is 0.699. The highest BCUT2D eigenvalue weighted by atomic mass is 32.1. The van der Waals surface area contributed by atoms with Crippen molar-refractivity contribution in [3.63, 3.8) is 0 Å². The Morgan fingerprint density at radius 2 is 1.91 bits per heavy atom. The summed E-state index contributed by atoms with van der Waals surface area (Å²) in [5.74, 6) is 0.937. The van der Waals surface area contributed by atoms with Crippen molar-refractivity contribution in [2.24, 2.45) is 0 Å². The third-order valence-corrected chi connectivity index (χ3v) is 4.03. The largest absolute Gasteiger partial charge is 0.366 e. The number of nitrogens with one attached hydrogen (secondary N) is 1. The lowest BCUT2D eigenvalue weighted by molar-refractivity contribution is 0.900. The predicted molar refractivity (Wildman–Crippen MR) is 87.2 cm³/mol. The highest BCUT2D eigenvalue weighted by molar-refractivity contribution is 7.00. The van der Waals surface area contributed by atoms with Gasteiger partial charge in [-0.25, -0.2) is 4.98 Å². The number of rotatable bonds is 3. The van der Waals surface area contributed by atoms with E-state index in [1.165, 1.54) is 11.7 Å². The third kappa shape index (κ3) is 2.29. The van der Waals surface area contributed by atoms with Crippen LogP contribution in [0, 0.1) is 13.8 Å². The van der Waals surface area contributed by atoms with Gasteiger partial charge >= 0.3 is 0 Å². The smallest absolute Gasteiger partial charge is 0.157 e. The number of fused-ring (bicyclic) bond motifs is 2. The molecule has 4 rings (SSSR count). The van der Waals surface area contributed by atoms with Crippen LogP contribution in [0.3, 0.4) is 0 Å². The van der Waals surface area contributed by atoms with Gasteiger partial charge in [0.15, 0.2) is 5.65 Å². The zero-order valence-electron chi connectivity index (χ0n) is 12.2. The topological polar surface area (TPSA) is 68.0 Å². The molecule has 110 valence electrons. The van der Waals surface area contributed by atoms with Gasteiger partial charge in [0, 0.05) is 24.4 Å². The molecule has 3 heterocycles. The van der Waals surface area contributed by atoms with Crippen molar-refractivity contribution < 1.29 is 0 Å². The van der Waals surface area contributed by atoms with Crippen LogP contribution in [-0.4, -0.2) is 23.3 Å². The number of nitrogens with zero attached hydrogens (tertiary/aromatic N) is 5. The highest BCUT2D eigenvalue weighted by Crippen LogP contribution is 2.17. The van der Waals surface area contributed by atoms with Crippen molar-refractivity contribution in [2.45, 2.75) is 20.4 Å². The van der Waals surface area contributed by atoms with Gasteiger partial charge in [0.25, 0.3) is 0 Å². The summed E-state index contributed by atoms with van der Waals surface area (Å²) in [5.41, 5.74) is 5.82. The molecule has 4 aromatic rings. The maximum Gasteiger partial charge on any atom is 0.157 e. The molecule has 0 spiro atoms. The maximum atomic E-state index is 4.49. The molecule has 3 aromatic heterocycles. The van der Waals surface area contributed by atoms with E-state index in [0.717, 1.165) is 39.4 Å². The van der Waals surface area contributed by atoms with Crippen LogP contribution in [0.15, 0.2) is 30.3 Å². The third-order valence-electron chi connectivity index (χ3n) is 3.47. The second-order valence-corrected chi connectivity index (χ2v) is 5.81. The van der Waals surface area contributed by atoms with E-state index in [4.69, 9.17) is 0 Å². The van der Waals surface area contributed by atoms with Gasteiger partial charge in [0.1, 0.15) is 16.9 Å². The average molecular weight is 310 g/mol. The molecule has 0 aliphatic rings. The van der Waals surface area contributed by atoms with Crippen molar-refractivity contribution in [3.05, 3.63) is 47.3 Å². The summed E-state index contributed by atoms with van der Waals surface area (Å²) in [6.07, 6.45) is 0. The van der Waals surface area contributed by atoms with Crippen molar-refractivity contribution in [1.82, 2.24) is 23.3 Å². The first-order valence-corrected chi connectivity index (χ1v) is 7.71. The Balaban J connectivity index is 1.65. The maximum absolute atomic E-state index is 4.49. The second-order valence-electron chi connectivity index (χ2n) is 5.28. The number of benzene rings is 1. The van der Waals surface area contributed by atoms with Gasteiger partial charge in [-0.3, -0.25) is 0 Å². The Hall–Kier alpha value is -2.54. The monoisotopic (exact) mass is 310 g/mol. The molecule has 0 amide bonds. The van der Waals surface area contributed by atoms with E-state index in [9.17, 15) is 0 Å². The van der Waals surface area contributed by atoms with Crippen molar-refractivity contribution in [3.8, 4) is 0 Å². The summed E-state index contributed by atoms with van der Waals surface area (Å²) in [6.45, 7) is 4.66. The van der Waals surface area contributed by atoms with Crippen LogP contribution in [-0.2, 0) is 6.54 Å². The SMILES string of the molecule is Cc1cc(NCc2ccc3nsnc3c2)n2nc(C)cc2n1. The van der Waals surface area contributed by atoms with Gasteiger partial charge < -0.3 is 5.32 Å². The molecule has 22 heavy (non-hydrogen) atoms. The molecule has 0 radical (unpaired) electrons. The fraction of sp³-hybridized carbons (Fsp3) is 0.200. The molecule has 1 aromatic carbocycles. The zero-order valence-corrected chi connectivity index (χ0v) is 13.1. The van der Waals surface area contributed by atoms with Gasteiger partial charge in [0.05, 0.1) is 17.4 Å². The van der Waals surface area contributed by atoms with Crippen molar-refractivity contribution in [2.75, 3.05) is 5.32 Å². The molecule has 0 aliphatic carbocycles. The minimum Gasteiger partial charge on any atom is -0.366 e. The van der Waals surface area contributed by atoms with Crippen LogP contribution in [0.1, 0.15) is 17.0 Å². The van der Waals surface area contributed by atoms with E-state index >= 15 is 0 Å². The van der Waals surface area contributed by atoms with E-state index in [2.05, 4.69) is 36.3 Å². The molecule has 0 aliphatic heterocycles. The number of aromatic nitrogens is 5. The Morgan fingerprint density at radius 3 is 2.82 bits per heavy atom. The molecule has 0 saturated carbocycles. The quantitative estimate of drug-likeness (QED) is 0.630. The first-order valence-electron chi connectivity index (χ1n) is 6.98. The molecule has 0 saturated heterocycles. The summed E-state index contributed by atoms with van der Waals surface area (Å²) in [4.78, 5) is 4.49. The Kier molecular flexibility index (Phi) is 3.00. The Morgan fingerprint density at radius 1 is 1.05 bits per heavy atom. The zero-order chi connectivity index (χ0) is 15.1. The molecule has 0 fully saturated rings. The van der Waals surface area contributed by atoms with E-state index in [0.29, 0.717) is 6.54 Å². The summed E-state index contributed by atoms with van der Waals surface area (Å²) in [6, 6.07) is 10.1. The summed E-state index contributed by atoms with van der Waals surface area (Å²) in [7, 11) is 0. The molecule has 1 N–H and O–H groups in total. The molecular weight excluding hydrogens is 296 g/mol. The van der Waals surface area contributed by atoms with E-state index in [1.54, 1.807) is 0 Å². The lowest BCUT2D eigenvalue weighted by atomic mass is 10.2. The normalized spacial score (nSPS) is 11.4. The number of hydrogen-bond acceptors (Lipinski definition) is 6. The van der Waals surface area contributed by atoms with Crippen LogP contribution < -0.4 is 5.32 Å². The number of hydrogen-bond donors (Lipinski definition) is 1. The molecule has 7 heteroatoms. The van der Waals surface area contributed by atoms with Crippen LogP contribution in [0.25, 0.3) is 16.7 Å². The fourth-order valence-electron chi connectivity index (χ4n) is 2.47. The van der Waals surface area contributed by atoms with Crippen LogP contribution in [0.2, 0.25) is 0 Å². The van der Waals surface area contributed by atoms with Crippen LogP contribution in [0.4, 0.5) is 5.82 Å². The molecule has 0 atom stereocenters. The Bertz CT molecular complexity index is 971. The van der Waals surface area contributed by atoms with Gasteiger partial charge in [-0.2, -0.15) is 18.4 Å². The summed E-state index contributed by atoms with van der Waals surface area (Å²) >= 11 is 1.24. The highest BCUT2D eigenvalue weighted by Gasteiger charge is 2.07. The van der Waals surface area contributed by atoms with Crippen LogP contribution in [0.5, 0.6) is 0 Å². The summed E-state index contributed by atoms with van der Waals surface area (Å²) in [5, 5.41) is 7.91. The predicted octanol–water partition coefficient (Wildman–Crippen LogP) is 2.96. The van der Waals surface area contributed by atoms with E-state index in [-0.39, 0.29) is 0 Å². The van der Waals surface area contributed by atoms with Crippen LogP contribution >= 0.6 is 11.7 Å². The van der Waals surface area contributed by atoms with E-state index in [1.807, 2.05) is 36.6 Å². The molecule has 6 nitrogen and oxygen atoms in total. The second kappa shape index (κ2) is 5.03. The lowest BCUT2D eigenvalue weighted by Gasteiger charge is -2.09. The van der Waals surface area contributed by atoms with Gasteiger partial charge in [-0.15, -0.1) is 0 Å². The molecule has 0 unspecified atom stereocenters. The molecular formula is C15H14N6S. The first kappa shape index (κ1) is 13.1. The van der Waals surface area contributed by atoms with Crippen molar-refractivity contribution in [1.29, 1.82) is 0 Å². The minimum absolute atomic E-state index is 0.699. The number of aryl methyl sites for hydroxylation is 2. The standard InChI is InChI=1S/C15H14N6S/c1-9-5-14(21-15(17-9)6-10(2)18-21)16-8-11-3-4-12-13(7-11)20-22-19-12/h3-7,16H,8H2,1-2H3. The number of anilines is 1. The Labute approximate surface area is 131 Å². The van der Waals surface area contributed by atoms with Gasteiger partial charge in [0.2, 0.25) is 0 Å². The van der Waals surface area contributed by atoms with Gasteiger partial charge in [-0.1, -0.05) is 6.07 Å². The summed E-state index contributed by atoms with van der Waals surface area (Å²) < 4.78 is 10.3. The molecule has 0 bridgehead atoms. The van der Waals surface area contributed by atoms with E-state index < -0.39 is 0 Å². The lowest BCUT2D eigenvalue weighted by Crippen LogP contribution is -2.06.